The van der Waals surface area contributed by atoms with Crippen molar-refractivity contribution in [1.29, 1.82) is 0 Å². The van der Waals surface area contributed by atoms with E-state index in [1.165, 1.54) is 18.3 Å². The molecule has 1 aliphatic rings. The molecule has 1 saturated heterocycles. The molecule has 170 valence electrons. The Morgan fingerprint density at radius 3 is 2.33 bits per heavy atom. The van der Waals surface area contributed by atoms with Crippen LogP contribution in [0.15, 0.2) is 79.0 Å². The molecule has 0 aliphatic carbocycles. The number of aromatic nitrogens is 1. The SMILES string of the molecule is O=C(N[C@@H](CC(=O)N1CCC(Oc2ncccc2F)CC1)c1ccccc1)c1ccccc1. The van der Waals surface area contributed by atoms with Crippen molar-refractivity contribution in [2.24, 2.45) is 0 Å². The summed E-state index contributed by atoms with van der Waals surface area (Å²) in [6, 6.07) is 20.8. The number of ether oxygens (including phenoxy) is 1. The zero-order chi connectivity index (χ0) is 23.0. The Morgan fingerprint density at radius 1 is 1.00 bits per heavy atom. The molecule has 0 unspecified atom stereocenters. The van der Waals surface area contributed by atoms with Crippen LogP contribution in [-0.4, -0.2) is 40.9 Å². The number of halogens is 1. The Kier molecular flexibility index (Phi) is 7.29. The molecule has 1 aromatic heterocycles. The third kappa shape index (κ3) is 5.94. The topological polar surface area (TPSA) is 71.5 Å². The van der Waals surface area contributed by atoms with Gasteiger partial charge in [0, 0.05) is 37.7 Å². The lowest BCUT2D eigenvalue weighted by atomic mass is 10.0. The molecular formula is C26H26FN3O3. The maximum absolute atomic E-state index is 13.8. The first-order chi connectivity index (χ1) is 16.1. The summed E-state index contributed by atoms with van der Waals surface area (Å²) in [7, 11) is 0. The highest BCUT2D eigenvalue weighted by Crippen LogP contribution is 2.23. The third-order valence-corrected chi connectivity index (χ3v) is 5.72. The zero-order valence-electron chi connectivity index (χ0n) is 18.2. The van der Waals surface area contributed by atoms with Crippen molar-refractivity contribution < 1.29 is 18.7 Å². The normalized spacial score (nSPS) is 15.0. The minimum Gasteiger partial charge on any atom is -0.472 e. The van der Waals surface area contributed by atoms with E-state index >= 15 is 0 Å². The molecule has 1 atom stereocenters. The number of carbonyl (C=O) groups excluding carboxylic acids is 2. The number of piperidine rings is 1. The third-order valence-electron chi connectivity index (χ3n) is 5.72. The number of nitrogens with zero attached hydrogens (tertiary/aromatic N) is 2. The maximum atomic E-state index is 13.8. The number of benzene rings is 2. The first-order valence-corrected chi connectivity index (χ1v) is 11.1. The lowest BCUT2D eigenvalue weighted by Crippen LogP contribution is -2.43. The molecule has 0 saturated carbocycles. The second-order valence-corrected chi connectivity index (χ2v) is 8.00. The standard InChI is InChI=1S/C26H26FN3O3/c27-22-12-7-15-28-26(22)33-21-13-16-30(17-14-21)24(31)18-23(19-8-3-1-4-9-19)29-25(32)20-10-5-2-6-11-20/h1-12,15,21,23H,13-14,16-18H2,(H,29,32)/t23-/m0/s1. The fraction of sp³-hybridized carbons (Fsp3) is 0.269. The first-order valence-electron chi connectivity index (χ1n) is 11.1. The van der Waals surface area contributed by atoms with Gasteiger partial charge in [-0.2, -0.15) is 0 Å². The summed E-state index contributed by atoms with van der Waals surface area (Å²) in [6.07, 6.45) is 2.64. The minimum atomic E-state index is -0.490. The quantitative estimate of drug-likeness (QED) is 0.591. The summed E-state index contributed by atoms with van der Waals surface area (Å²) < 4.78 is 19.5. The van der Waals surface area contributed by atoms with E-state index < -0.39 is 11.9 Å². The average molecular weight is 448 g/mol. The molecule has 3 aromatic rings. The summed E-state index contributed by atoms with van der Waals surface area (Å²) in [5.41, 5.74) is 1.42. The second kappa shape index (κ2) is 10.7. The van der Waals surface area contributed by atoms with Gasteiger partial charge in [-0.3, -0.25) is 9.59 Å². The highest BCUT2D eigenvalue weighted by atomic mass is 19.1. The van der Waals surface area contributed by atoms with Crippen molar-refractivity contribution in [1.82, 2.24) is 15.2 Å². The molecule has 0 bridgehead atoms. The largest absolute Gasteiger partial charge is 0.472 e. The van der Waals surface area contributed by atoms with Crippen molar-refractivity contribution in [2.45, 2.75) is 31.4 Å². The van der Waals surface area contributed by atoms with Crippen LogP contribution < -0.4 is 10.1 Å². The number of amides is 2. The van der Waals surface area contributed by atoms with E-state index in [-0.39, 0.29) is 30.2 Å². The number of nitrogens with one attached hydrogen (secondary N) is 1. The Hall–Kier alpha value is -3.74. The zero-order valence-corrected chi connectivity index (χ0v) is 18.2. The average Bonchev–Trinajstić information content (AvgIpc) is 2.86. The summed E-state index contributed by atoms with van der Waals surface area (Å²) in [5.74, 6) is -0.757. The summed E-state index contributed by atoms with van der Waals surface area (Å²) in [5, 5.41) is 3.01. The second-order valence-electron chi connectivity index (χ2n) is 8.00. The van der Waals surface area contributed by atoms with Gasteiger partial charge in [0.15, 0.2) is 5.82 Å². The van der Waals surface area contributed by atoms with Crippen LogP contribution in [0.5, 0.6) is 5.88 Å². The van der Waals surface area contributed by atoms with E-state index in [4.69, 9.17) is 4.74 Å². The van der Waals surface area contributed by atoms with Crippen LogP contribution in [-0.2, 0) is 4.79 Å². The molecule has 4 rings (SSSR count). The summed E-state index contributed by atoms with van der Waals surface area (Å²) in [4.78, 5) is 31.5. The number of carbonyl (C=O) groups is 2. The number of hydrogen-bond donors (Lipinski definition) is 1. The van der Waals surface area contributed by atoms with Crippen molar-refractivity contribution in [3.05, 3.63) is 95.9 Å². The van der Waals surface area contributed by atoms with Gasteiger partial charge in [0.05, 0.1) is 12.5 Å². The lowest BCUT2D eigenvalue weighted by molar-refractivity contribution is -0.133. The molecule has 0 radical (unpaired) electrons. The molecule has 1 fully saturated rings. The van der Waals surface area contributed by atoms with Gasteiger partial charge in [-0.1, -0.05) is 48.5 Å². The van der Waals surface area contributed by atoms with E-state index in [9.17, 15) is 14.0 Å². The first kappa shape index (κ1) is 22.5. The van der Waals surface area contributed by atoms with Gasteiger partial charge < -0.3 is 15.0 Å². The van der Waals surface area contributed by atoms with Gasteiger partial charge in [0.1, 0.15) is 6.10 Å². The smallest absolute Gasteiger partial charge is 0.251 e. The van der Waals surface area contributed by atoms with Crippen LogP contribution in [0.3, 0.4) is 0 Å². The van der Waals surface area contributed by atoms with Gasteiger partial charge in [0.2, 0.25) is 5.91 Å². The minimum absolute atomic E-state index is 0.00459. The van der Waals surface area contributed by atoms with Crippen LogP contribution in [0.1, 0.15) is 41.2 Å². The van der Waals surface area contributed by atoms with Gasteiger partial charge in [0.25, 0.3) is 11.8 Å². The molecule has 1 N–H and O–H groups in total. The van der Waals surface area contributed by atoms with Crippen LogP contribution in [0, 0.1) is 5.82 Å². The van der Waals surface area contributed by atoms with Crippen molar-refractivity contribution >= 4 is 11.8 Å². The predicted octanol–water partition coefficient (Wildman–Crippen LogP) is 4.15. The predicted molar refractivity (Wildman–Crippen MR) is 122 cm³/mol. The highest BCUT2D eigenvalue weighted by molar-refractivity contribution is 5.94. The summed E-state index contributed by atoms with van der Waals surface area (Å²) in [6.45, 7) is 1.01. The Labute approximate surface area is 192 Å². The van der Waals surface area contributed by atoms with Crippen molar-refractivity contribution in [2.75, 3.05) is 13.1 Å². The Bertz CT molecular complexity index is 1070. The molecule has 6 nitrogen and oxygen atoms in total. The highest BCUT2D eigenvalue weighted by Gasteiger charge is 2.27. The van der Waals surface area contributed by atoms with Gasteiger partial charge in [-0.25, -0.2) is 9.37 Å². The molecule has 33 heavy (non-hydrogen) atoms. The molecule has 7 heteroatoms. The number of rotatable bonds is 7. The van der Waals surface area contributed by atoms with Gasteiger partial charge >= 0.3 is 0 Å². The number of pyridine rings is 1. The van der Waals surface area contributed by atoms with Gasteiger partial charge in [-0.05, 0) is 29.8 Å². The monoisotopic (exact) mass is 447 g/mol. The van der Waals surface area contributed by atoms with E-state index in [0.717, 1.165) is 5.56 Å². The molecule has 2 heterocycles. The Balaban J connectivity index is 1.37. The summed E-state index contributed by atoms with van der Waals surface area (Å²) >= 11 is 0. The Morgan fingerprint density at radius 2 is 1.67 bits per heavy atom. The fourth-order valence-electron chi connectivity index (χ4n) is 3.91. The molecule has 0 spiro atoms. The van der Waals surface area contributed by atoms with Gasteiger partial charge in [-0.15, -0.1) is 0 Å². The van der Waals surface area contributed by atoms with Crippen LogP contribution in [0.25, 0.3) is 0 Å². The lowest BCUT2D eigenvalue weighted by Gasteiger charge is -2.33. The maximum Gasteiger partial charge on any atom is 0.251 e. The van der Waals surface area contributed by atoms with E-state index in [1.54, 1.807) is 29.2 Å². The van der Waals surface area contributed by atoms with Crippen molar-refractivity contribution in [3.8, 4) is 5.88 Å². The number of likely N-dealkylation sites (tertiary alicyclic amines) is 1. The number of hydrogen-bond acceptors (Lipinski definition) is 4. The molecule has 2 aromatic carbocycles. The van der Waals surface area contributed by atoms with Crippen LogP contribution >= 0.6 is 0 Å². The fourth-order valence-corrected chi connectivity index (χ4v) is 3.91. The van der Waals surface area contributed by atoms with Crippen LogP contribution in [0.4, 0.5) is 4.39 Å². The van der Waals surface area contributed by atoms with E-state index in [2.05, 4.69) is 10.3 Å². The van der Waals surface area contributed by atoms with E-state index in [1.807, 2.05) is 36.4 Å². The molecule has 2 amide bonds. The van der Waals surface area contributed by atoms with Crippen molar-refractivity contribution in [3.63, 3.8) is 0 Å². The molecule has 1 aliphatic heterocycles. The van der Waals surface area contributed by atoms with E-state index in [0.29, 0.717) is 31.5 Å². The van der Waals surface area contributed by atoms with Crippen LogP contribution in [0.2, 0.25) is 0 Å². The molecular weight excluding hydrogens is 421 g/mol.